The van der Waals surface area contributed by atoms with Crippen LogP contribution in [-0.4, -0.2) is 31.5 Å². The first-order valence-corrected chi connectivity index (χ1v) is 4.25. The standard InChI is InChI=1S/C7H14ClNO2/c1-2-7(10)9-4-6-11-5-3-8/h2-6H2,1H3,(H,9,10). The molecule has 0 heterocycles. The molecule has 4 heteroatoms. The Morgan fingerprint density at radius 3 is 2.82 bits per heavy atom. The maximum Gasteiger partial charge on any atom is 0.219 e. The largest absolute Gasteiger partial charge is 0.378 e. The second-order valence-electron chi connectivity index (χ2n) is 2.00. The molecular weight excluding hydrogens is 166 g/mol. The van der Waals surface area contributed by atoms with Gasteiger partial charge in [-0.25, -0.2) is 0 Å². The van der Waals surface area contributed by atoms with Gasteiger partial charge in [-0.05, 0) is 0 Å². The van der Waals surface area contributed by atoms with E-state index in [1.165, 1.54) is 0 Å². The number of halogens is 1. The molecule has 0 aromatic carbocycles. The lowest BCUT2D eigenvalue weighted by Gasteiger charge is -2.02. The molecule has 0 bridgehead atoms. The Morgan fingerprint density at radius 1 is 1.55 bits per heavy atom. The first-order valence-electron chi connectivity index (χ1n) is 3.71. The lowest BCUT2D eigenvalue weighted by atomic mass is 10.4. The molecule has 1 amide bonds. The first kappa shape index (κ1) is 10.7. The van der Waals surface area contributed by atoms with Gasteiger partial charge in [0.1, 0.15) is 0 Å². The fourth-order valence-electron chi connectivity index (χ4n) is 0.544. The number of alkyl halides is 1. The van der Waals surface area contributed by atoms with Gasteiger partial charge < -0.3 is 10.1 Å². The minimum absolute atomic E-state index is 0.0551. The van der Waals surface area contributed by atoms with Crippen molar-refractivity contribution in [3.8, 4) is 0 Å². The Bertz CT molecular complexity index is 109. The topological polar surface area (TPSA) is 38.3 Å². The normalized spacial score (nSPS) is 9.64. The van der Waals surface area contributed by atoms with E-state index in [0.717, 1.165) is 0 Å². The van der Waals surface area contributed by atoms with Gasteiger partial charge in [-0.3, -0.25) is 4.79 Å². The molecule has 0 saturated heterocycles. The molecule has 11 heavy (non-hydrogen) atoms. The van der Waals surface area contributed by atoms with Crippen LogP contribution in [0.3, 0.4) is 0 Å². The highest BCUT2D eigenvalue weighted by molar-refractivity contribution is 6.17. The van der Waals surface area contributed by atoms with Gasteiger partial charge >= 0.3 is 0 Å². The highest BCUT2D eigenvalue weighted by Crippen LogP contribution is 1.78. The summed E-state index contributed by atoms with van der Waals surface area (Å²) in [6.45, 7) is 3.47. The van der Waals surface area contributed by atoms with Gasteiger partial charge in [-0.15, -0.1) is 11.6 Å². The van der Waals surface area contributed by atoms with E-state index in [1.54, 1.807) is 0 Å². The zero-order valence-electron chi connectivity index (χ0n) is 6.73. The number of ether oxygens (including phenoxy) is 1. The van der Waals surface area contributed by atoms with E-state index in [2.05, 4.69) is 5.32 Å². The molecule has 0 radical (unpaired) electrons. The van der Waals surface area contributed by atoms with Gasteiger partial charge in [0.2, 0.25) is 5.91 Å². The van der Waals surface area contributed by atoms with E-state index in [1.807, 2.05) is 6.92 Å². The SMILES string of the molecule is CCC(=O)NCCOCCCl. The Morgan fingerprint density at radius 2 is 2.27 bits per heavy atom. The predicted octanol–water partition coefficient (Wildman–Crippen LogP) is 0.768. The summed E-state index contributed by atoms with van der Waals surface area (Å²) in [6.07, 6.45) is 0.523. The third-order valence-electron chi connectivity index (χ3n) is 1.11. The van der Waals surface area contributed by atoms with E-state index in [0.29, 0.717) is 32.1 Å². The van der Waals surface area contributed by atoms with Gasteiger partial charge in [0.15, 0.2) is 0 Å². The molecule has 0 saturated carbocycles. The highest BCUT2D eigenvalue weighted by atomic mass is 35.5. The molecule has 0 aliphatic heterocycles. The van der Waals surface area contributed by atoms with Crippen molar-refractivity contribution in [3.63, 3.8) is 0 Å². The van der Waals surface area contributed by atoms with Crippen LogP contribution in [0.4, 0.5) is 0 Å². The summed E-state index contributed by atoms with van der Waals surface area (Å²) < 4.78 is 5.03. The number of hydrogen-bond acceptors (Lipinski definition) is 2. The van der Waals surface area contributed by atoms with Gasteiger partial charge in [-0.1, -0.05) is 6.92 Å². The Hall–Kier alpha value is -0.280. The van der Waals surface area contributed by atoms with Crippen LogP contribution < -0.4 is 5.32 Å². The molecule has 0 fully saturated rings. The van der Waals surface area contributed by atoms with E-state index < -0.39 is 0 Å². The third kappa shape index (κ3) is 7.62. The summed E-state index contributed by atoms with van der Waals surface area (Å²) in [7, 11) is 0. The van der Waals surface area contributed by atoms with Gasteiger partial charge in [0.05, 0.1) is 13.2 Å². The maximum atomic E-state index is 10.7. The average molecular weight is 180 g/mol. The number of amides is 1. The fourth-order valence-corrected chi connectivity index (χ4v) is 0.653. The summed E-state index contributed by atoms with van der Waals surface area (Å²) in [5.74, 6) is 0.557. The minimum Gasteiger partial charge on any atom is -0.378 e. The summed E-state index contributed by atoms with van der Waals surface area (Å²) in [5, 5.41) is 2.68. The average Bonchev–Trinajstić information content (AvgIpc) is 2.04. The van der Waals surface area contributed by atoms with Crippen LogP contribution in [0.5, 0.6) is 0 Å². The molecule has 3 nitrogen and oxygen atoms in total. The zero-order chi connectivity index (χ0) is 8.53. The van der Waals surface area contributed by atoms with Gasteiger partial charge in [0.25, 0.3) is 0 Å². The smallest absolute Gasteiger partial charge is 0.219 e. The molecule has 0 aromatic heterocycles. The molecule has 0 atom stereocenters. The minimum atomic E-state index is 0.0551. The third-order valence-corrected chi connectivity index (χ3v) is 1.27. The first-order chi connectivity index (χ1) is 5.31. The number of nitrogens with one attached hydrogen (secondary N) is 1. The quantitative estimate of drug-likeness (QED) is 0.483. The molecule has 0 spiro atoms. The van der Waals surface area contributed by atoms with E-state index in [4.69, 9.17) is 16.3 Å². The molecule has 66 valence electrons. The monoisotopic (exact) mass is 179 g/mol. The summed E-state index contributed by atoms with van der Waals surface area (Å²) >= 11 is 5.36. The van der Waals surface area contributed by atoms with Crippen LogP contribution >= 0.6 is 11.6 Å². The fraction of sp³-hybridized carbons (Fsp3) is 0.857. The predicted molar refractivity (Wildman–Crippen MR) is 44.8 cm³/mol. The van der Waals surface area contributed by atoms with Crippen LogP contribution in [0.15, 0.2) is 0 Å². The number of carbonyl (C=O) groups excluding carboxylic acids is 1. The van der Waals surface area contributed by atoms with Crippen molar-refractivity contribution in [2.75, 3.05) is 25.6 Å². The van der Waals surface area contributed by atoms with Crippen LogP contribution in [-0.2, 0) is 9.53 Å². The molecule has 1 N–H and O–H groups in total. The Balaban J connectivity index is 2.95. The van der Waals surface area contributed by atoms with Crippen molar-refractivity contribution >= 4 is 17.5 Å². The molecule has 0 aliphatic rings. The van der Waals surface area contributed by atoms with E-state index in [-0.39, 0.29) is 5.91 Å². The van der Waals surface area contributed by atoms with Crippen LogP contribution in [0.1, 0.15) is 13.3 Å². The molecule has 0 unspecified atom stereocenters. The summed E-state index contributed by atoms with van der Waals surface area (Å²) in [6, 6.07) is 0. The Labute approximate surface area is 72.1 Å². The highest BCUT2D eigenvalue weighted by Gasteiger charge is 1.93. The maximum absolute atomic E-state index is 10.7. The van der Waals surface area contributed by atoms with Crippen molar-refractivity contribution in [1.29, 1.82) is 0 Å². The molecular formula is C7H14ClNO2. The number of hydrogen-bond donors (Lipinski definition) is 1. The molecule has 0 rings (SSSR count). The van der Waals surface area contributed by atoms with Crippen molar-refractivity contribution in [3.05, 3.63) is 0 Å². The summed E-state index contributed by atoms with van der Waals surface area (Å²) in [4.78, 5) is 10.7. The molecule has 0 aliphatic carbocycles. The van der Waals surface area contributed by atoms with E-state index in [9.17, 15) is 4.79 Å². The van der Waals surface area contributed by atoms with E-state index >= 15 is 0 Å². The van der Waals surface area contributed by atoms with Crippen molar-refractivity contribution in [1.82, 2.24) is 5.32 Å². The van der Waals surface area contributed by atoms with Crippen molar-refractivity contribution in [2.45, 2.75) is 13.3 Å². The van der Waals surface area contributed by atoms with Crippen LogP contribution in [0.2, 0.25) is 0 Å². The van der Waals surface area contributed by atoms with Crippen LogP contribution in [0, 0.1) is 0 Å². The number of carbonyl (C=O) groups is 1. The van der Waals surface area contributed by atoms with Crippen LogP contribution in [0.25, 0.3) is 0 Å². The van der Waals surface area contributed by atoms with Crippen molar-refractivity contribution < 1.29 is 9.53 Å². The molecule has 0 aromatic rings. The lowest BCUT2D eigenvalue weighted by Crippen LogP contribution is -2.26. The second-order valence-corrected chi connectivity index (χ2v) is 2.38. The second kappa shape index (κ2) is 7.82. The zero-order valence-corrected chi connectivity index (χ0v) is 7.49. The summed E-state index contributed by atoms with van der Waals surface area (Å²) in [5.41, 5.74) is 0. The van der Waals surface area contributed by atoms with Gasteiger partial charge in [-0.2, -0.15) is 0 Å². The number of rotatable bonds is 6. The van der Waals surface area contributed by atoms with Crippen molar-refractivity contribution in [2.24, 2.45) is 0 Å². The Kier molecular flexibility index (Phi) is 7.62. The van der Waals surface area contributed by atoms with Gasteiger partial charge in [0, 0.05) is 18.8 Å². The lowest BCUT2D eigenvalue weighted by molar-refractivity contribution is -0.121.